The normalized spacial score (nSPS) is 11.8. The van der Waals surface area contributed by atoms with Crippen LogP contribution in [0.5, 0.6) is 0 Å². The molecule has 0 radical (unpaired) electrons. The fourth-order valence-corrected chi connectivity index (χ4v) is 3.62. The SMILES string of the molecule is C=CCn1c(SCC(=O)N[C@@H](C)c2ccc(Cl)cc2)nnc1-c1ccccc1. The first-order valence-electron chi connectivity index (χ1n) is 8.85. The number of hydrogen-bond donors (Lipinski definition) is 1. The summed E-state index contributed by atoms with van der Waals surface area (Å²) in [6, 6.07) is 17.2. The molecule has 28 heavy (non-hydrogen) atoms. The summed E-state index contributed by atoms with van der Waals surface area (Å²) in [5.41, 5.74) is 1.98. The minimum Gasteiger partial charge on any atom is -0.349 e. The zero-order chi connectivity index (χ0) is 19.9. The van der Waals surface area contributed by atoms with Crippen LogP contribution in [0.15, 0.2) is 72.4 Å². The zero-order valence-corrected chi connectivity index (χ0v) is 17.1. The Morgan fingerprint density at radius 1 is 1.21 bits per heavy atom. The Kier molecular flexibility index (Phi) is 6.90. The van der Waals surface area contributed by atoms with Crippen molar-refractivity contribution in [3.63, 3.8) is 0 Å². The van der Waals surface area contributed by atoms with Crippen molar-refractivity contribution in [2.24, 2.45) is 0 Å². The van der Waals surface area contributed by atoms with Gasteiger partial charge in [-0.2, -0.15) is 0 Å². The molecule has 7 heteroatoms. The van der Waals surface area contributed by atoms with Crippen molar-refractivity contribution in [3.8, 4) is 11.4 Å². The lowest BCUT2D eigenvalue weighted by atomic mass is 10.1. The molecular formula is C21H21ClN4OS. The summed E-state index contributed by atoms with van der Waals surface area (Å²) < 4.78 is 1.96. The third-order valence-electron chi connectivity index (χ3n) is 4.14. The predicted octanol–water partition coefficient (Wildman–Crippen LogP) is 4.75. The number of amides is 1. The molecule has 1 N–H and O–H groups in total. The van der Waals surface area contributed by atoms with Gasteiger partial charge in [0.2, 0.25) is 5.91 Å². The molecule has 3 aromatic rings. The van der Waals surface area contributed by atoms with E-state index in [9.17, 15) is 4.79 Å². The Bertz CT molecular complexity index is 941. The zero-order valence-electron chi connectivity index (χ0n) is 15.5. The first-order valence-corrected chi connectivity index (χ1v) is 10.2. The molecule has 144 valence electrons. The van der Waals surface area contributed by atoms with Gasteiger partial charge in [-0.25, -0.2) is 0 Å². The van der Waals surface area contributed by atoms with Gasteiger partial charge < -0.3 is 5.32 Å². The number of allylic oxidation sites excluding steroid dienone is 1. The first-order chi connectivity index (χ1) is 13.6. The van der Waals surface area contributed by atoms with Crippen molar-refractivity contribution in [1.29, 1.82) is 0 Å². The minimum atomic E-state index is -0.101. The summed E-state index contributed by atoms with van der Waals surface area (Å²) in [5, 5.41) is 12.9. The molecule has 0 aliphatic carbocycles. The van der Waals surface area contributed by atoms with E-state index in [0.29, 0.717) is 16.7 Å². The molecule has 0 saturated heterocycles. The molecule has 0 aliphatic heterocycles. The lowest BCUT2D eigenvalue weighted by Crippen LogP contribution is -2.28. The standard InChI is InChI=1S/C21H21ClN4OS/c1-3-13-26-20(17-7-5-4-6-8-17)24-25-21(26)28-14-19(27)23-15(2)16-9-11-18(22)12-10-16/h3-12,15H,1,13-14H2,2H3,(H,23,27)/t15-/m0/s1. The number of rotatable bonds is 8. The number of benzene rings is 2. The second-order valence-corrected chi connectivity index (χ2v) is 7.58. The maximum Gasteiger partial charge on any atom is 0.230 e. The van der Waals surface area contributed by atoms with Crippen LogP contribution < -0.4 is 5.32 Å². The van der Waals surface area contributed by atoms with Gasteiger partial charge in [-0.15, -0.1) is 16.8 Å². The molecule has 3 rings (SSSR count). The van der Waals surface area contributed by atoms with Crippen LogP contribution in [0.25, 0.3) is 11.4 Å². The molecular weight excluding hydrogens is 392 g/mol. The van der Waals surface area contributed by atoms with Gasteiger partial charge >= 0.3 is 0 Å². The van der Waals surface area contributed by atoms with Gasteiger partial charge in [-0.3, -0.25) is 9.36 Å². The van der Waals surface area contributed by atoms with Crippen LogP contribution in [0.3, 0.4) is 0 Å². The van der Waals surface area contributed by atoms with Crippen LogP contribution in [0.4, 0.5) is 0 Å². The van der Waals surface area contributed by atoms with Crippen molar-refractivity contribution >= 4 is 29.3 Å². The van der Waals surface area contributed by atoms with Crippen LogP contribution in [-0.2, 0) is 11.3 Å². The molecule has 0 bridgehead atoms. The largest absolute Gasteiger partial charge is 0.349 e. The molecule has 5 nitrogen and oxygen atoms in total. The second-order valence-electron chi connectivity index (χ2n) is 6.20. The van der Waals surface area contributed by atoms with E-state index in [1.165, 1.54) is 11.8 Å². The smallest absolute Gasteiger partial charge is 0.230 e. The topological polar surface area (TPSA) is 59.8 Å². The van der Waals surface area contributed by atoms with Crippen molar-refractivity contribution in [3.05, 3.63) is 77.8 Å². The van der Waals surface area contributed by atoms with Crippen LogP contribution in [0.2, 0.25) is 5.02 Å². The maximum absolute atomic E-state index is 12.4. The van der Waals surface area contributed by atoms with Crippen LogP contribution in [-0.4, -0.2) is 26.4 Å². The lowest BCUT2D eigenvalue weighted by molar-refractivity contribution is -0.119. The summed E-state index contributed by atoms with van der Waals surface area (Å²) in [7, 11) is 0. The summed E-state index contributed by atoms with van der Waals surface area (Å²) in [5.74, 6) is 0.946. The first kappa shape index (κ1) is 20.2. The molecule has 0 saturated carbocycles. The predicted molar refractivity (Wildman–Crippen MR) is 114 cm³/mol. The number of nitrogens with zero attached hydrogens (tertiary/aromatic N) is 3. The Morgan fingerprint density at radius 3 is 2.61 bits per heavy atom. The van der Waals surface area contributed by atoms with Crippen LogP contribution in [0.1, 0.15) is 18.5 Å². The fourth-order valence-electron chi connectivity index (χ4n) is 2.74. The highest BCUT2D eigenvalue weighted by Gasteiger charge is 2.16. The van der Waals surface area contributed by atoms with Crippen LogP contribution in [0, 0.1) is 0 Å². The molecule has 0 unspecified atom stereocenters. The third-order valence-corrected chi connectivity index (χ3v) is 5.36. The quantitative estimate of drug-likeness (QED) is 0.428. The average molecular weight is 413 g/mol. The Labute approximate surface area is 173 Å². The number of carbonyl (C=O) groups is 1. The Balaban J connectivity index is 1.65. The second kappa shape index (κ2) is 9.57. The van der Waals surface area contributed by atoms with Gasteiger partial charge in [0.05, 0.1) is 11.8 Å². The van der Waals surface area contributed by atoms with Gasteiger partial charge in [0.15, 0.2) is 11.0 Å². The van der Waals surface area contributed by atoms with Gasteiger partial charge in [-0.1, -0.05) is 71.9 Å². The highest BCUT2D eigenvalue weighted by molar-refractivity contribution is 7.99. The van der Waals surface area contributed by atoms with E-state index < -0.39 is 0 Å². The maximum atomic E-state index is 12.4. The number of halogens is 1. The number of nitrogens with one attached hydrogen (secondary N) is 1. The number of aromatic nitrogens is 3. The van der Waals surface area contributed by atoms with Gasteiger partial charge in [0.25, 0.3) is 0 Å². The van der Waals surface area contributed by atoms with E-state index in [-0.39, 0.29) is 17.7 Å². The molecule has 2 aromatic carbocycles. The van der Waals surface area contributed by atoms with Gasteiger partial charge in [0, 0.05) is 17.1 Å². The van der Waals surface area contributed by atoms with E-state index in [4.69, 9.17) is 11.6 Å². The van der Waals surface area contributed by atoms with Gasteiger partial charge in [-0.05, 0) is 24.6 Å². The highest BCUT2D eigenvalue weighted by Crippen LogP contribution is 2.24. The highest BCUT2D eigenvalue weighted by atomic mass is 35.5. The van der Waals surface area contributed by atoms with E-state index in [1.54, 1.807) is 6.08 Å². The summed E-state index contributed by atoms with van der Waals surface area (Å²) in [6.07, 6.45) is 1.79. The lowest BCUT2D eigenvalue weighted by Gasteiger charge is -2.14. The van der Waals surface area contributed by atoms with E-state index in [0.717, 1.165) is 17.0 Å². The van der Waals surface area contributed by atoms with E-state index >= 15 is 0 Å². The number of carbonyl (C=O) groups excluding carboxylic acids is 1. The Hall–Kier alpha value is -2.57. The van der Waals surface area contributed by atoms with Crippen molar-refractivity contribution in [2.45, 2.75) is 24.7 Å². The monoisotopic (exact) mass is 412 g/mol. The molecule has 1 aromatic heterocycles. The molecule has 0 fully saturated rings. The summed E-state index contributed by atoms with van der Waals surface area (Å²) >= 11 is 7.27. The van der Waals surface area contributed by atoms with Crippen molar-refractivity contribution in [1.82, 2.24) is 20.1 Å². The number of thioether (sulfide) groups is 1. The third kappa shape index (κ3) is 5.03. The summed E-state index contributed by atoms with van der Waals surface area (Å²) in [4.78, 5) is 12.4. The van der Waals surface area contributed by atoms with E-state index in [2.05, 4.69) is 22.1 Å². The fraction of sp³-hybridized carbons (Fsp3) is 0.190. The molecule has 1 amide bonds. The van der Waals surface area contributed by atoms with Gasteiger partial charge in [0.1, 0.15) is 0 Å². The van der Waals surface area contributed by atoms with Crippen LogP contribution >= 0.6 is 23.4 Å². The Morgan fingerprint density at radius 2 is 1.93 bits per heavy atom. The average Bonchev–Trinajstić information content (AvgIpc) is 3.10. The van der Waals surface area contributed by atoms with Crippen molar-refractivity contribution in [2.75, 3.05) is 5.75 Å². The molecule has 0 spiro atoms. The molecule has 1 heterocycles. The van der Waals surface area contributed by atoms with E-state index in [1.807, 2.05) is 66.1 Å². The minimum absolute atomic E-state index is 0.0677. The molecule has 0 aliphatic rings. The summed E-state index contributed by atoms with van der Waals surface area (Å²) in [6.45, 7) is 6.33. The van der Waals surface area contributed by atoms with Crippen molar-refractivity contribution < 1.29 is 4.79 Å². The number of hydrogen-bond acceptors (Lipinski definition) is 4. The molecule has 1 atom stereocenters.